The monoisotopic (exact) mass is 1670 g/mol. The molecule has 0 aliphatic rings. The van der Waals surface area contributed by atoms with Gasteiger partial charge in [0.25, 0.3) is 0 Å². The van der Waals surface area contributed by atoms with Crippen molar-refractivity contribution in [1.82, 2.24) is 0 Å². The molecule has 18 aromatic carbocycles. The summed E-state index contributed by atoms with van der Waals surface area (Å²) in [6.45, 7) is 0. The molecule has 0 aliphatic carbocycles. The third kappa shape index (κ3) is 15.3. The van der Waals surface area contributed by atoms with Crippen molar-refractivity contribution in [2.24, 2.45) is 0 Å². The molecular weight excluding hydrogens is 1600 g/mol. The van der Waals surface area contributed by atoms with E-state index >= 15 is 0 Å². The SMILES string of the molecule is OB(O)c1cc(-c2cccc3c2sc2ccccc23)cc2ccccc12.OB(O)c1ccc(-c2cccc3c2sc2ccccc23)c2ccccc12.OB(O)c1ccc(-c2cccc3c2sc2ccccc23)cc1.OB(O)c1cccc(-c2cccc3c2sc2ccccc23)c1.OB(O)c1cccc2c(-c3cccc4c3sc3ccccc34)cccc12. The molecule has 0 aliphatic heterocycles. The maximum Gasteiger partial charge on any atom is 0.489 e. The Morgan fingerprint density at radius 1 is 0.156 bits per heavy atom. The van der Waals surface area contributed by atoms with Crippen molar-refractivity contribution < 1.29 is 50.2 Å². The van der Waals surface area contributed by atoms with E-state index in [1.54, 1.807) is 80.9 Å². The molecule has 10 N–H and O–H groups in total. The van der Waals surface area contributed by atoms with Gasteiger partial charge in [-0.25, -0.2) is 0 Å². The van der Waals surface area contributed by atoms with Gasteiger partial charge < -0.3 is 50.2 Å². The highest BCUT2D eigenvalue weighted by Gasteiger charge is 2.24. The second-order valence-electron chi connectivity index (χ2n) is 29.8. The molecule has 0 unspecified atom stereocenters. The summed E-state index contributed by atoms with van der Waals surface area (Å²) < 4.78 is 12.6. The van der Waals surface area contributed by atoms with Gasteiger partial charge in [0.2, 0.25) is 0 Å². The minimum absolute atomic E-state index is 0.507. The van der Waals surface area contributed by atoms with E-state index in [-0.39, 0.29) is 0 Å². The van der Waals surface area contributed by atoms with E-state index in [1.807, 2.05) is 121 Å². The number of benzene rings is 18. The Morgan fingerprint density at radius 3 is 0.885 bits per heavy atom. The minimum atomic E-state index is -1.50. The fraction of sp³-hybridized carbons (Fsp3) is 0. The Morgan fingerprint density at radius 2 is 0.459 bits per heavy atom. The largest absolute Gasteiger partial charge is 0.489 e. The van der Waals surface area contributed by atoms with Gasteiger partial charge in [-0.3, -0.25) is 0 Å². The van der Waals surface area contributed by atoms with E-state index < -0.39 is 35.6 Å². The molecule has 23 rings (SSSR count). The van der Waals surface area contributed by atoms with Gasteiger partial charge in [0.1, 0.15) is 0 Å². The van der Waals surface area contributed by atoms with Crippen LogP contribution in [-0.2, 0) is 0 Å². The average molecular weight is 1670 g/mol. The maximum atomic E-state index is 9.88. The summed E-state index contributed by atoms with van der Waals surface area (Å²) in [5.74, 6) is 0. The molecule has 0 spiro atoms. The van der Waals surface area contributed by atoms with Crippen molar-refractivity contribution >= 4 is 253 Å². The fourth-order valence-electron chi connectivity index (χ4n) is 16.8. The standard InChI is InChI=1S/3C22H15BO2S.2C18H13BO2S/c24-23(25)20-12-5-8-14-15(7-3-9-16(14)20)18-10-4-11-19-17-6-1-2-13-21(17)26-22(18)19;24-23(25)20-13-15(12-14-6-1-2-7-16(14)20)17-9-5-10-19-18-8-3-4-11-21(18)26-22(17)19;24-23(25)20-13-12-15(14-6-1-2-7-16(14)20)18-9-5-10-19-17-8-3-4-11-21(17)26-22(18)19;20-19(21)13-6-3-5-12(11-13)14-8-4-9-16-15-7-1-2-10-17(15)22-18(14)16;20-19(21)13-10-8-12(9-11-13)14-5-3-6-16-15-4-1-2-7-17(15)22-18(14)16/h3*1-13,24-25H;2*1-11,20-21H. The first-order chi connectivity index (χ1) is 59.7. The number of fused-ring (bicyclic) bond motifs is 18. The molecular formula is C102H71B5O10S5. The molecule has 584 valence electrons. The van der Waals surface area contributed by atoms with E-state index in [1.165, 1.54) is 118 Å². The molecule has 122 heavy (non-hydrogen) atoms. The molecule has 10 nitrogen and oxygen atoms in total. The quantitative estimate of drug-likeness (QED) is 0.0587. The third-order valence-corrected chi connectivity index (χ3v) is 28.7. The van der Waals surface area contributed by atoms with E-state index in [4.69, 9.17) is 0 Å². The lowest BCUT2D eigenvalue weighted by atomic mass is 9.75. The van der Waals surface area contributed by atoms with Gasteiger partial charge >= 0.3 is 35.6 Å². The van der Waals surface area contributed by atoms with Crippen molar-refractivity contribution in [2.45, 2.75) is 0 Å². The van der Waals surface area contributed by atoms with Crippen molar-refractivity contribution in [2.75, 3.05) is 0 Å². The lowest BCUT2D eigenvalue weighted by Crippen LogP contribution is -2.30. The zero-order chi connectivity index (χ0) is 83.2. The highest BCUT2D eigenvalue weighted by molar-refractivity contribution is 7.28. The molecule has 0 bridgehead atoms. The summed E-state index contributed by atoms with van der Waals surface area (Å²) in [7, 11) is -7.32. The highest BCUT2D eigenvalue weighted by atomic mass is 32.1. The van der Waals surface area contributed by atoms with Crippen LogP contribution in [0.5, 0.6) is 0 Å². The molecule has 0 atom stereocenters. The average Bonchev–Trinajstić information content (AvgIpc) is 1.57. The van der Waals surface area contributed by atoms with Crippen molar-refractivity contribution in [3.63, 3.8) is 0 Å². The van der Waals surface area contributed by atoms with Crippen molar-refractivity contribution in [1.29, 1.82) is 0 Å². The minimum Gasteiger partial charge on any atom is -0.423 e. The van der Waals surface area contributed by atoms with Gasteiger partial charge in [0.15, 0.2) is 0 Å². The topological polar surface area (TPSA) is 202 Å². The van der Waals surface area contributed by atoms with Gasteiger partial charge in [0, 0.05) is 112 Å². The molecule has 0 fully saturated rings. The second-order valence-corrected chi connectivity index (χ2v) is 35.1. The first-order valence-corrected chi connectivity index (χ1v) is 43.9. The molecule has 23 aromatic rings. The number of rotatable bonds is 10. The Bertz CT molecular complexity index is 7740. The summed E-state index contributed by atoms with van der Waals surface area (Å²) >= 11 is 8.95. The van der Waals surface area contributed by atoms with Gasteiger partial charge in [-0.15, -0.1) is 56.7 Å². The smallest absolute Gasteiger partial charge is 0.423 e. The zero-order valence-corrected chi connectivity index (χ0v) is 69.2. The van der Waals surface area contributed by atoms with Crippen LogP contribution < -0.4 is 27.3 Å². The fourth-order valence-corrected chi connectivity index (χ4v) is 23.0. The predicted octanol–water partition coefficient (Wildman–Crippen LogP) is 20.5. The first kappa shape index (κ1) is 79.5. The first-order valence-electron chi connectivity index (χ1n) is 39.8. The molecule has 0 saturated heterocycles. The van der Waals surface area contributed by atoms with Gasteiger partial charge in [-0.2, -0.15) is 0 Å². The van der Waals surface area contributed by atoms with Crippen molar-refractivity contribution in [3.05, 3.63) is 370 Å². The van der Waals surface area contributed by atoms with Crippen molar-refractivity contribution in [3.8, 4) is 55.6 Å². The van der Waals surface area contributed by atoms with Gasteiger partial charge in [-0.1, -0.05) is 334 Å². The Balaban J connectivity index is 0.000000101. The Kier molecular flexibility index (Phi) is 22.4. The summed E-state index contributed by atoms with van der Waals surface area (Å²) in [5, 5.41) is 114. The van der Waals surface area contributed by atoms with E-state index in [0.717, 1.165) is 71.3 Å². The van der Waals surface area contributed by atoms with E-state index in [9.17, 15) is 50.2 Å². The van der Waals surface area contributed by atoms with Crippen LogP contribution in [0, 0.1) is 0 Å². The maximum absolute atomic E-state index is 9.88. The van der Waals surface area contributed by atoms with Crippen LogP contribution in [0.4, 0.5) is 0 Å². The molecule has 0 amide bonds. The zero-order valence-electron chi connectivity index (χ0n) is 65.1. The highest BCUT2D eigenvalue weighted by Crippen LogP contribution is 2.47. The van der Waals surface area contributed by atoms with E-state index in [0.29, 0.717) is 27.3 Å². The predicted molar refractivity (Wildman–Crippen MR) is 525 cm³/mol. The van der Waals surface area contributed by atoms with Crippen LogP contribution in [0.15, 0.2) is 370 Å². The van der Waals surface area contributed by atoms with Crippen LogP contribution in [0.3, 0.4) is 0 Å². The molecule has 0 saturated carbocycles. The number of hydrogen-bond acceptors (Lipinski definition) is 15. The second kappa shape index (κ2) is 34.3. The number of thiophene rings is 5. The Labute approximate surface area is 722 Å². The molecule has 5 heterocycles. The van der Waals surface area contributed by atoms with Gasteiger partial charge in [-0.05, 0) is 141 Å². The number of hydrogen-bond donors (Lipinski definition) is 10. The van der Waals surface area contributed by atoms with E-state index in [2.05, 4.69) is 224 Å². The lowest BCUT2D eigenvalue weighted by molar-refractivity contribution is 0.424. The third-order valence-electron chi connectivity index (χ3n) is 22.6. The summed E-state index contributed by atoms with van der Waals surface area (Å²) in [5.41, 5.74) is 13.7. The lowest BCUT2D eigenvalue weighted by Gasteiger charge is -2.12. The summed E-state index contributed by atoms with van der Waals surface area (Å²) in [6.07, 6.45) is 0. The molecule has 5 aromatic heterocycles. The summed E-state index contributed by atoms with van der Waals surface area (Å²) in [6, 6.07) is 124. The molecule has 0 radical (unpaired) electrons. The molecule has 20 heteroatoms. The van der Waals surface area contributed by atoms with Crippen LogP contribution in [0.1, 0.15) is 0 Å². The van der Waals surface area contributed by atoms with Crippen LogP contribution in [0.25, 0.3) is 189 Å². The normalized spacial score (nSPS) is 11.4. The Hall–Kier alpha value is -12.2. The summed E-state index contributed by atoms with van der Waals surface area (Å²) in [4.78, 5) is 0. The van der Waals surface area contributed by atoms with Gasteiger partial charge in [0.05, 0.1) is 0 Å². The van der Waals surface area contributed by atoms with Crippen LogP contribution >= 0.6 is 56.7 Å². The van der Waals surface area contributed by atoms with Crippen LogP contribution in [0.2, 0.25) is 0 Å². The van der Waals surface area contributed by atoms with Crippen LogP contribution in [-0.4, -0.2) is 85.8 Å².